The summed E-state index contributed by atoms with van der Waals surface area (Å²) in [6, 6.07) is 6.42. The normalized spacial score (nSPS) is 11.9. The summed E-state index contributed by atoms with van der Waals surface area (Å²) in [5, 5.41) is 47.3. The van der Waals surface area contributed by atoms with Crippen molar-refractivity contribution in [3.63, 3.8) is 0 Å². The molecule has 2 rings (SSSR count). The van der Waals surface area contributed by atoms with Gasteiger partial charge < -0.3 is 30.3 Å². The van der Waals surface area contributed by atoms with E-state index in [1.54, 1.807) is 0 Å². The fraction of sp³-hybridized carbons (Fsp3) is 0.100. The number of phenols is 4. The molecular formula is C20H18O8. The van der Waals surface area contributed by atoms with E-state index in [4.69, 9.17) is 4.74 Å². The summed E-state index contributed by atoms with van der Waals surface area (Å²) in [6.45, 7) is 3.52. The zero-order chi connectivity index (χ0) is 20.8. The van der Waals surface area contributed by atoms with Gasteiger partial charge in [0.1, 0.15) is 0 Å². The highest BCUT2D eigenvalue weighted by Gasteiger charge is 2.22. The molecule has 0 aliphatic carbocycles. The molecule has 0 heterocycles. The van der Waals surface area contributed by atoms with Crippen LogP contribution in [0.3, 0.4) is 0 Å². The lowest BCUT2D eigenvalue weighted by Gasteiger charge is -2.13. The molecule has 28 heavy (non-hydrogen) atoms. The number of phenolic OH excluding ortho intramolecular Hbond substituents is 4. The fourth-order valence-electron chi connectivity index (χ4n) is 2.40. The van der Waals surface area contributed by atoms with E-state index >= 15 is 0 Å². The highest BCUT2D eigenvalue weighted by Crippen LogP contribution is 2.32. The van der Waals surface area contributed by atoms with Gasteiger partial charge in [0.2, 0.25) is 6.10 Å². The SMILES string of the molecule is C=Cc1c(C=CC(=O)OC(Cc2ccc(O)c(O)c2)C(=O)O)ccc(O)c1O. The maximum Gasteiger partial charge on any atom is 0.345 e. The molecule has 0 saturated heterocycles. The summed E-state index contributed by atoms with van der Waals surface area (Å²) in [7, 11) is 0. The summed E-state index contributed by atoms with van der Waals surface area (Å²) in [6.07, 6.45) is 1.80. The number of aromatic hydroxyl groups is 4. The van der Waals surface area contributed by atoms with E-state index in [0.29, 0.717) is 11.1 Å². The second-order valence-corrected chi connectivity index (χ2v) is 5.76. The lowest BCUT2D eigenvalue weighted by molar-refractivity contribution is -0.160. The molecule has 2 aromatic rings. The molecule has 146 valence electrons. The van der Waals surface area contributed by atoms with Crippen molar-refractivity contribution in [3.8, 4) is 23.0 Å². The molecule has 0 saturated carbocycles. The van der Waals surface area contributed by atoms with Crippen molar-refractivity contribution >= 4 is 24.1 Å². The molecular weight excluding hydrogens is 368 g/mol. The summed E-state index contributed by atoms with van der Waals surface area (Å²) >= 11 is 0. The van der Waals surface area contributed by atoms with Crippen molar-refractivity contribution in [1.82, 2.24) is 0 Å². The molecule has 8 heteroatoms. The number of carbonyl (C=O) groups is 2. The number of aliphatic carboxylic acids is 1. The number of hydrogen-bond donors (Lipinski definition) is 5. The van der Waals surface area contributed by atoms with Crippen LogP contribution in [0.2, 0.25) is 0 Å². The van der Waals surface area contributed by atoms with Crippen molar-refractivity contribution in [2.75, 3.05) is 0 Å². The highest BCUT2D eigenvalue weighted by molar-refractivity contribution is 5.90. The fourth-order valence-corrected chi connectivity index (χ4v) is 2.40. The molecule has 1 atom stereocenters. The summed E-state index contributed by atoms with van der Waals surface area (Å²) in [4.78, 5) is 23.4. The minimum absolute atomic E-state index is 0.193. The van der Waals surface area contributed by atoms with Crippen LogP contribution < -0.4 is 0 Å². The van der Waals surface area contributed by atoms with Gasteiger partial charge in [-0.15, -0.1) is 0 Å². The topological polar surface area (TPSA) is 145 Å². The van der Waals surface area contributed by atoms with Crippen LogP contribution in [0.25, 0.3) is 12.2 Å². The summed E-state index contributed by atoms with van der Waals surface area (Å²) in [5.74, 6) is -3.86. The first-order valence-electron chi connectivity index (χ1n) is 8.02. The van der Waals surface area contributed by atoms with Gasteiger partial charge in [0.25, 0.3) is 0 Å². The molecule has 1 unspecified atom stereocenters. The Morgan fingerprint density at radius 2 is 1.71 bits per heavy atom. The van der Waals surface area contributed by atoms with E-state index in [9.17, 15) is 35.1 Å². The second kappa shape index (κ2) is 8.63. The Morgan fingerprint density at radius 1 is 1.04 bits per heavy atom. The average Bonchev–Trinajstić information content (AvgIpc) is 2.65. The molecule has 0 aromatic heterocycles. The van der Waals surface area contributed by atoms with Crippen molar-refractivity contribution in [2.45, 2.75) is 12.5 Å². The number of rotatable bonds is 7. The number of carbonyl (C=O) groups excluding carboxylic acids is 1. The maximum absolute atomic E-state index is 12.0. The number of ether oxygens (including phenoxy) is 1. The maximum atomic E-state index is 12.0. The molecule has 2 aromatic carbocycles. The predicted molar refractivity (Wildman–Crippen MR) is 99.9 cm³/mol. The Bertz CT molecular complexity index is 945. The molecule has 0 amide bonds. The Morgan fingerprint density at radius 3 is 2.32 bits per heavy atom. The third kappa shape index (κ3) is 4.82. The van der Waals surface area contributed by atoms with Crippen LogP contribution >= 0.6 is 0 Å². The third-order valence-corrected chi connectivity index (χ3v) is 3.83. The number of esters is 1. The van der Waals surface area contributed by atoms with Gasteiger partial charge in [-0.25, -0.2) is 9.59 Å². The van der Waals surface area contributed by atoms with E-state index in [1.165, 1.54) is 42.5 Å². The van der Waals surface area contributed by atoms with E-state index in [-0.39, 0.29) is 23.5 Å². The van der Waals surface area contributed by atoms with E-state index in [1.807, 2.05) is 0 Å². The van der Waals surface area contributed by atoms with Crippen molar-refractivity contribution in [1.29, 1.82) is 0 Å². The quantitative estimate of drug-likeness (QED) is 0.277. The molecule has 0 bridgehead atoms. The number of benzene rings is 2. The highest BCUT2D eigenvalue weighted by atomic mass is 16.6. The predicted octanol–water partition coefficient (Wildman–Crippen LogP) is 2.40. The number of carboxylic acids is 1. The van der Waals surface area contributed by atoms with Gasteiger partial charge >= 0.3 is 11.9 Å². The molecule has 5 N–H and O–H groups in total. The monoisotopic (exact) mass is 386 g/mol. The van der Waals surface area contributed by atoms with Crippen LogP contribution in [0.5, 0.6) is 23.0 Å². The van der Waals surface area contributed by atoms with Crippen LogP contribution in [0.4, 0.5) is 0 Å². The van der Waals surface area contributed by atoms with E-state index in [0.717, 1.165) is 6.08 Å². The third-order valence-electron chi connectivity index (χ3n) is 3.83. The van der Waals surface area contributed by atoms with Crippen LogP contribution in [0, 0.1) is 0 Å². The van der Waals surface area contributed by atoms with Crippen LogP contribution in [0.15, 0.2) is 43.0 Å². The first-order valence-corrected chi connectivity index (χ1v) is 8.02. The van der Waals surface area contributed by atoms with Gasteiger partial charge in [0, 0.05) is 18.1 Å². The molecule has 0 spiro atoms. The summed E-state index contributed by atoms with van der Waals surface area (Å²) in [5.41, 5.74) is 0.896. The molecule has 0 aliphatic heterocycles. The number of hydrogen-bond acceptors (Lipinski definition) is 7. The first-order chi connectivity index (χ1) is 13.2. The van der Waals surface area contributed by atoms with E-state index < -0.39 is 29.5 Å². The largest absolute Gasteiger partial charge is 0.504 e. The Labute approximate surface area is 159 Å². The van der Waals surface area contributed by atoms with Crippen molar-refractivity contribution in [3.05, 3.63) is 59.7 Å². The van der Waals surface area contributed by atoms with Crippen molar-refractivity contribution in [2.24, 2.45) is 0 Å². The zero-order valence-electron chi connectivity index (χ0n) is 14.6. The van der Waals surface area contributed by atoms with Crippen LogP contribution in [-0.4, -0.2) is 43.6 Å². The molecule has 0 aliphatic rings. The molecule has 8 nitrogen and oxygen atoms in total. The minimum atomic E-state index is -1.52. The zero-order valence-corrected chi connectivity index (χ0v) is 14.6. The first kappa shape index (κ1) is 20.4. The Balaban J connectivity index is 2.13. The molecule has 0 fully saturated rings. The van der Waals surface area contributed by atoms with Gasteiger partial charge in [-0.2, -0.15) is 0 Å². The standard InChI is InChI=1S/C20H18O8/c1-2-13-12(4-7-15(22)19(13)25)5-8-18(24)28-17(20(26)27)10-11-3-6-14(21)16(23)9-11/h2-9,17,21-23,25H,1,10H2,(H,26,27). The van der Waals surface area contributed by atoms with Gasteiger partial charge in [0.05, 0.1) is 0 Å². The van der Waals surface area contributed by atoms with Gasteiger partial charge in [0.15, 0.2) is 23.0 Å². The minimum Gasteiger partial charge on any atom is -0.504 e. The lowest BCUT2D eigenvalue weighted by Crippen LogP contribution is -2.28. The Kier molecular flexibility index (Phi) is 6.28. The van der Waals surface area contributed by atoms with E-state index in [2.05, 4.69) is 6.58 Å². The van der Waals surface area contributed by atoms with Crippen LogP contribution in [0.1, 0.15) is 16.7 Å². The van der Waals surface area contributed by atoms with Crippen LogP contribution in [-0.2, 0) is 20.7 Å². The summed E-state index contributed by atoms with van der Waals surface area (Å²) < 4.78 is 4.93. The second-order valence-electron chi connectivity index (χ2n) is 5.76. The molecule has 0 radical (unpaired) electrons. The van der Waals surface area contributed by atoms with Gasteiger partial charge in [-0.1, -0.05) is 24.8 Å². The van der Waals surface area contributed by atoms with Gasteiger partial charge in [-0.05, 0) is 35.4 Å². The van der Waals surface area contributed by atoms with Crippen molar-refractivity contribution < 1.29 is 39.9 Å². The Hall–Kier alpha value is -3.94. The number of carboxylic acid groups (broad SMARTS) is 1. The average molecular weight is 386 g/mol. The van der Waals surface area contributed by atoms with Gasteiger partial charge in [-0.3, -0.25) is 0 Å². The lowest BCUT2D eigenvalue weighted by atomic mass is 10.0. The smallest absolute Gasteiger partial charge is 0.345 e.